The third-order valence-electron chi connectivity index (χ3n) is 4.73. The van der Waals surface area contributed by atoms with E-state index in [1.807, 2.05) is 12.1 Å². The lowest BCUT2D eigenvalue weighted by Crippen LogP contribution is -2.40. The molecule has 9 heteroatoms. The van der Waals surface area contributed by atoms with E-state index in [9.17, 15) is 0 Å². The minimum atomic E-state index is 0. The Morgan fingerprint density at radius 3 is 2.65 bits per heavy atom. The molecule has 31 heavy (non-hydrogen) atoms. The Hall–Kier alpha value is -2.14. The molecule has 168 valence electrons. The van der Waals surface area contributed by atoms with Gasteiger partial charge >= 0.3 is 0 Å². The van der Waals surface area contributed by atoms with Crippen molar-refractivity contribution in [3.63, 3.8) is 0 Å². The van der Waals surface area contributed by atoms with Gasteiger partial charge in [-0.1, -0.05) is 25.1 Å². The highest BCUT2D eigenvalue weighted by Gasteiger charge is 2.03. The molecule has 0 spiro atoms. The molecule has 0 atom stereocenters. The number of methoxy groups -OCH3 is 1. The second kappa shape index (κ2) is 14.0. The van der Waals surface area contributed by atoms with E-state index in [1.54, 1.807) is 24.8 Å². The van der Waals surface area contributed by atoms with Crippen LogP contribution in [-0.4, -0.2) is 47.5 Å². The van der Waals surface area contributed by atoms with Crippen LogP contribution in [0.1, 0.15) is 23.2 Å². The van der Waals surface area contributed by atoms with E-state index in [1.165, 1.54) is 10.4 Å². The second-order valence-electron chi connectivity index (χ2n) is 6.81. The molecule has 0 saturated heterocycles. The summed E-state index contributed by atoms with van der Waals surface area (Å²) in [6, 6.07) is 12.4. The lowest BCUT2D eigenvalue weighted by atomic mass is 10.1. The van der Waals surface area contributed by atoms with Gasteiger partial charge in [0.05, 0.1) is 7.11 Å². The van der Waals surface area contributed by atoms with Crippen LogP contribution < -0.4 is 15.4 Å². The molecule has 2 aromatic heterocycles. The largest absolute Gasteiger partial charge is 0.497 e. The van der Waals surface area contributed by atoms with Crippen LogP contribution in [0, 0.1) is 0 Å². The summed E-state index contributed by atoms with van der Waals surface area (Å²) in [5.74, 6) is 2.72. The van der Waals surface area contributed by atoms with Crippen LogP contribution in [0.3, 0.4) is 0 Å². The first-order valence-corrected chi connectivity index (χ1v) is 11.2. The van der Waals surface area contributed by atoms with E-state index in [0.29, 0.717) is 0 Å². The van der Waals surface area contributed by atoms with Crippen molar-refractivity contribution in [1.29, 1.82) is 0 Å². The van der Waals surface area contributed by atoms with Gasteiger partial charge in [0.15, 0.2) is 5.96 Å². The van der Waals surface area contributed by atoms with Gasteiger partial charge in [0.2, 0.25) is 0 Å². The smallest absolute Gasteiger partial charge is 0.191 e. The van der Waals surface area contributed by atoms with Crippen LogP contribution in [0.5, 0.6) is 5.75 Å². The zero-order valence-corrected chi connectivity index (χ0v) is 21.2. The van der Waals surface area contributed by atoms with Gasteiger partial charge in [0.1, 0.15) is 17.9 Å². The maximum absolute atomic E-state index is 5.22. The highest BCUT2D eigenvalue weighted by atomic mass is 127. The van der Waals surface area contributed by atoms with Crippen LogP contribution >= 0.6 is 35.3 Å². The standard InChI is InChI=1S/C22H30N6OS.HI/c1-3-21-27-26-17-28(21)15-14-25-22(24-13-11-20-5-4-16-30-20)23-12-10-18-6-8-19(29-2)9-7-18;/h4-9,16-17H,3,10-15H2,1-2H3,(H2,23,24,25);1H. The molecule has 7 nitrogen and oxygen atoms in total. The molecule has 0 bridgehead atoms. The van der Waals surface area contributed by atoms with Crippen LogP contribution in [0.2, 0.25) is 0 Å². The number of aromatic nitrogens is 3. The van der Waals surface area contributed by atoms with Crippen LogP contribution in [0.25, 0.3) is 0 Å². The van der Waals surface area contributed by atoms with Gasteiger partial charge in [0.25, 0.3) is 0 Å². The normalized spacial score (nSPS) is 11.1. The Bertz CT molecular complexity index is 895. The molecule has 0 aliphatic carbocycles. The molecule has 2 N–H and O–H groups in total. The van der Waals surface area contributed by atoms with E-state index in [0.717, 1.165) is 63.0 Å². The van der Waals surface area contributed by atoms with Crippen molar-refractivity contribution in [3.8, 4) is 5.75 Å². The van der Waals surface area contributed by atoms with Gasteiger partial charge in [-0.05, 0) is 35.6 Å². The molecule has 0 radical (unpaired) electrons. The zero-order chi connectivity index (χ0) is 21.0. The summed E-state index contributed by atoms with van der Waals surface area (Å²) in [4.78, 5) is 6.11. The first kappa shape index (κ1) is 25.1. The van der Waals surface area contributed by atoms with Gasteiger partial charge in [-0.15, -0.1) is 45.5 Å². The van der Waals surface area contributed by atoms with Crippen molar-refractivity contribution < 1.29 is 4.74 Å². The van der Waals surface area contributed by atoms with E-state index in [-0.39, 0.29) is 24.0 Å². The number of nitrogens with zero attached hydrogens (tertiary/aromatic N) is 4. The zero-order valence-electron chi connectivity index (χ0n) is 18.1. The van der Waals surface area contributed by atoms with Crippen molar-refractivity contribution >= 4 is 41.3 Å². The molecule has 0 fully saturated rings. The number of benzene rings is 1. The number of hydrogen-bond donors (Lipinski definition) is 2. The molecular formula is C22H31IN6OS. The highest BCUT2D eigenvalue weighted by Crippen LogP contribution is 2.11. The third kappa shape index (κ3) is 8.48. The summed E-state index contributed by atoms with van der Waals surface area (Å²) in [7, 11) is 1.69. The number of hydrogen-bond acceptors (Lipinski definition) is 5. The van der Waals surface area contributed by atoms with Gasteiger partial charge < -0.3 is 19.9 Å². The topological polar surface area (TPSA) is 76.4 Å². The number of guanidine groups is 1. The summed E-state index contributed by atoms with van der Waals surface area (Å²) in [5, 5.41) is 17.1. The van der Waals surface area contributed by atoms with Gasteiger partial charge in [-0.25, -0.2) is 0 Å². The van der Waals surface area contributed by atoms with Crippen LogP contribution in [0.4, 0.5) is 0 Å². The monoisotopic (exact) mass is 554 g/mol. The van der Waals surface area contributed by atoms with E-state index < -0.39 is 0 Å². The highest BCUT2D eigenvalue weighted by molar-refractivity contribution is 14.0. The Labute approximate surface area is 205 Å². The van der Waals surface area contributed by atoms with Crippen LogP contribution in [0.15, 0.2) is 53.1 Å². The molecule has 1 aromatic carbocycles. The quantitative estimate of drug-likeness (QED) is 0.216. The van der Waals surface area contributed by atoms with E-state index >= 15 is 0 Å². The average Bonchev–Trinajstić information content (AvgIpc) is 3.45. The predicted octanol–water partition coefficient (Wildman–Crippen LogP) is 3.55. The van der Waals surface area contributed by atoms with Crippen molar-refractivity contribution in [3.05, 3.63) is 64.4 Å². The number of thiophene rings is 1. The average molecular weight is 555 g/mol. The minimum absolute atomic E-state index is 0. The minimum Gasteiger partial charge on any atom is -0.497 e. The number of rotatable bonds is 11. The lowest BCUT2D eigenvalue weighted by molar-refractivity contribution is 0.414. The molecule has 3 aromatic rings. The number of aliphatic imine (C=N–C) groups is 1. The summed E-state index contributed by atoms with van der Waals surface area (Å²) < 4.78 is 7.30. The number of halogens is 1. The molecule has 2 heterocycles. The molecule has 0 unspecified atom stereocenters. The number of aryl methyl sites for hydroxylation is 1. The van der Waals surface area contributed by atoms with Crippen molar-refractivity contribution in [2.75, 3.05) is 26.7 Å². The van der Waals surface area contributed by atoms with Gasteiger partial charge in [-0.3, -0.25) is 4.99 Å². The first-order chi connectivity index (χ1) is 14.8. The fourth-order valence-corrected chi connectivity index (χ4v) is 3.76. The fraction of sp³-hybridized carbons (Fsp3) is 0.409. The van der Waals surface area contributed by atoms with E-state index in [4.69, 9.17) is 9.73 Å². The summed E-state index contributed by atoms with van der Waals surface area (Å²) >= 11 is 1.78. The SMILES string of the molecule is CCc1nncn1CCNC(=NCCc1cccs1)NCCc1ccc(OC)cc1.I. The molecule has 0 saturated carbocycles. The lowest BCUT2D eigenvalue weighted by Gasteiger charge is -2.13. The Kier molecular flexibility index (Phi) is 11.4. The van der Waals surface area contributed by atoms with Gasteiger partial charge in [-0.2, -0.15) is 0 Å². The Balaban J connectivity index is 0.00000341. The van der Waals surface area contributed by atoms with Gasteiger partial charge in [0, 0.05) is 43.9 Å². The Morgan fingerprint density at radius 2 is 1.94 bits per heavy atom. The van der Waals surface area contributed by atoms with Crippen molar-refractivity contribution in [2.24, 2.45) is 4.99 Å². The first-order valence-electron chi connectivity index (χ1n) is 10.3. The molecular weight excluding hydrogens is 523 g/mol. The van der Waals surface area contributed by atoms with Crippen molar-refractivity contribution in [2.45, 2.75) is 32.7 Å². The Morgan fingerprint density at radius 1 is 1.13 bits per heavy atom. The fourth-order valence-electron chi connectivity index (χ4n) is 3.06. The summed E-state index contributed by atoms with van der Waals surface area (Å²) in [5.41, 5.74) is 1.26. The molecule has 3 rings (SSSR count). The van der Waals surface area contributed by atoms with Crippen molar-refractivity contribution in [1.82, 2.24) is 25.4 Å². The maximum Gasteiger partial charge on any atom is 0.191 e. The molecule has 0 amide bonds. The number of ether oxygens (including phenoxy) is 1. The predicted molar refractivity (Wildman–Crippen MR) is 138 cm³/mol. The van der Waals surface area contributed by atoms with E-state index in [2.05, 4.69) is 62.0 Å². The molecule has 0 aliphatic rings. The number of nitrogens with one attached hydrogen (secondary N) is 2. The van der Waals surface area contributed by atoms with Crippen LogP contribution in [-0.2, 0) is 25.8 Å². The second-order valence-corrected chi connectivity index (χ2v) is 7.84. The summed E-state index contributed by atoms with van der Waals surface area (Å²) in [6.07, 6.45) is 4.53. The summed E-state index contributed by atoms with van der Waals surface area (Å²) in [6.45, 7) is 5.22. The third-order valence-corrected chi connectivity index (χ3v) is 5.67. The molecule has 0 aliphatic heterocycles. The maximum atomic E-state index is 5.22.